The Morgan fingerprint density at radius 2 is 2.35 bits per heavy atom. The van der Waals surface area contributed by atoms with Crippen molar-refractivity contribution < 1.29 is 9.53 Å². The summed E-state index contributed by atoms with van der Waals surface area (Å²) >= 11 is 0. The average molecular weight is 242 g/mol. The number of likely N-dealkylation sites (N-methyl/N-ethyl adjacent to an activating group) is 1. The molecule has 96 valence electrons. The van der Waals surface area contributed by atoms with Gasteiger partial charge in [0.15, 0.2) is 0 Å². The highest BCUT2D eigenvalue weighted by Crippen LogP contribution is 1.92. The maximum atomic E-state index is 11.5. The summed E-state index contributed by atoms with van der Waals surface area (Å²) in [7, 11) is 3.61. The van der Waals surface area contributed by atoms with Crippen LogP contribution in [-0.4, -0.2) is 66.4 Å². The summed E-state index contributed by atoms with van der Waals surface area (Å²) in [6.07, 6.45) is 0. The third kappa shape index (κ3) is 4.79. The molecule has 0 aromatic carbocycles. The van der Waals surface area contributed by atoms with Crippen molar-refractivity contribution >= 4 is 11.9 Å². The molecule has 1 amide bonds. The third-order valence-corrected chi connectivity index (χ3v) is 2.17. The Bertz CT molecular complexity index is 353. The first-order chi connectivity index (χ1) is 8.13. The molecule has 0 bridgehead atoms. The number of anilines is 1. The van der Waals surface area contributed by atoms with E-state index in [2.05, 4.69) is 25.4 Å². The van der Waals surface area contributed by atoms with Gasteiger partial charge in [-0.1, -0.05) is 0 Å². The van der Waals surface area contributed by atoms with E-state index < -0.39 is 0 Å². The van der Waals surface area contributed by atoms with Crippen LogP contribution in [0.1, 0.15) is 10.6 Å². The molecule has 0 saturated carbocycles. The fraction of sp³-hybridized carbons (Fsp3) is 0.667. The van der Waals surface area contributed by atoms with Gasteiger partial charge in [0.05, 0.1) is 6.61 Å². The van der Waals surface area contributed by atoms with Crippen LogP contribution in [0, 0.1) is 0 Å². The summed E-state index contributed by atoms with van der Waals surface area (Å²) in [5.74, 6) is -0.122. The molecule has 8 heteroatoms. The fourth-order valence-corrected chi connectivity index (χ4v) is 1.18. The number of rotatable bonds is 7. The first-order valence-corrected chi connectivity index (χ1v) is 5.27. The highest BCUT2D eigenvalue weighted by Gasteiger charge is 2.09. The number of aromatic nitrogens is 3. The molecule has 17 heavy (non-hydrogen) atoms. The topological polar surface area (TPSA) is 109 Å². The molecule has 1 heterocycles. The van der Waals surface area contributed by atoms with Gasteiger partial charge in [0, 0.05) is 26.7 Å². The van der Waals surface area contributed by atoms with Crippen molar-refractivity contribution in [2.75, 3.05) is 46.1 Å². The van der Waals surface area contributed by atoms with Gasteiger partial charge in [-0.2, -0.15) is 4.98 Å². The molecule has 0 aliphatic rings. The smallest absolute Gasteiger partial charge is 0.288 e. The molecular weight excluding hydrogens is 224 g/mol. The number of amides is 1. The number of hydrogen-bond donors (Lipinski definition) is 3. The van der Waals surface area contributed by atoms with Crippen LogP contribution in [0.2, 0.25) is 0 Å². The van der Waals surface area contributed by atoms with Gasteiger partial charge in [0.2, 0.25) is 11.8 Å². The quantitative estimate of drug-likeness (QED) is 0.548. The second-order valence-electron chi connectivity index (χ2n) is 3.59. The number of nitrogens with zero attached hydrogens (tertiary/aromatic N) is 3. The number of ether oxygens (including phenoxy) is 1. The molecule has 0 aliphatic heterocycles. The zero-order valence-electron chi connectivity index (χ0n) is 10.1. The van der Waals surface area contributed by atoms with Gasteiger partial charge in [-0.25, -0.2) is 0 Å². The first kappa shape index (κ1) is 13.4. The van der Waals surface area contributed by atoms with E-state index >= 15 is 0 Å². The zero-order valence-corrected chi connectivity index (χ0v) is 10.1. The van der Waals surface area contributed by atoms with Crippen molar-refractivity contribution in [2.24, 2.45) is 0 Å². The van der Waals surface area contributed by atoms with E-state index in [9.17, 15) is 4.79 Å². The van der Waals surface area contributed by atoms with Gasteiger partial charge in [0.25, 0.3) is 5.91 Å². The molecule has 0 atom stereocenters. The van der Waals surface area contributed by atoms with Crippen LogP contribution in [-0.2, 0) is 4.74 Å². The SMILES string of the molecule is COCCN(C)CCNC(=O)c1nc(N)n[nH]1. The number of carbonyl (C=O) groups is 1. The molecule has 1 aromatic heterocycles. The number of nitrogens with two attached hydrogens (primary N) is 1. The first-order valence-electron chi connectivity index (χ1n) is 5.27. The highest BCUT2D eigenvalue weighted by molar-refractivity contribution is 5.90. The van der Waals surface area contributed by atoms with Crippen molar-refractivity contribution in [3.05, 3.63) is 5.82 Å². The lowest BCUT2D eigenvalue weighted by molar-refractivity contribution is 0.0937. The van der Waals surface area contributed by atoms with Gasteiger partial charge in [-0.15, -0.1) is 5.10 Å². The lowest BCUT2D eigenvalue weighted by Crippen LogP contribution is -2.34. The Balaban J connectivity index is 2.20. The van der Waals surface area contributed by atoms with E-state index in [1.165, 1.54) is 0 Å². The maximum absolute atomic E-state index is 11.5. The van der Waals surface area contributed by atoms with E-state index in [1.54, 1.807) is 7.11 Å². The third-order valence-electron chi connectivity index (χ3n) is 2.17. The molecule has 0 fully saturated rings. The molecule has 0 saturated heterocycles. The van der Waals surface area contributed by atoms with Crippen LogP contribution in [0.15, 0.2) is 0 Å². The molecule has 1 aromatic rings. The molecule has 1 rings (SSSR count). The fourth-order valence-electron chi connectivity index (χ4n) is 1.18. The van der Waals surface area contributed by atoms with E-state index in [1.807, 2.05) is 7.05 Å². The number of nitrogens with one attached hydrogen (secondary N) is 2. The minimum atomic E-state index is -0.311. The zero-order chi connectivity index (χ0) is 12.7. The Morgan fingerprint density at radius 3 is 2.94 bits per heavy atom. The number of hydrogen-bond acceptors (Lipinski definition) is 6. The van der Waals surface area contributed by atoms with Crippen molar-refractivity contribution in [2.45, 2.75) is 0 Å². The van der Waals surface area contributed by atoms with E-state index in [0.29, 0.717) is 13.2 Å². The number of carbonyl (C=O) groups excluding carboxylic acids is 1. The van der Waals surface area contributed by atoms with Gasteiger partial charge in [0.1, 0.15) is 0 Å². The Hall–Kier alpha value is -1.67. The van der Waals surface area contributed by atoms with Crippen LogP contribution in [0.3, 0.4) is 0 Å². The highest BCUT2D eigenvalue weighted by atomic mass is 16.5. The molecule has 8 nitrogen and oxygen atoms in total. The summed E-state index contributed by atoms with van der Waals surface area (Å²) in [5.41, 5.74) is 5.29. The second kappa shape index (κ2) is 6.81. The monoisotopic (exact) mass is 242 g/mol. The summed E-state index contributed by atoms with van der Waals surface area (Å²) < 4.78 is 4.95. The van der Waals surface area contributed by atoms with Gasteiger partial charge >= 0.3 is 0 Å². The minimum absolute atomic E-state index is 0.0624. The Kier molecular flexibility index (Phi) is 5.37. The van der Waals surface area contributed by atoms with Crippen molar-refractivity contribution in [3.63, 3.8) is 0 Å². The van der Waals surface area contributed by atoms with Crippen LogP contribution in [0.25, 0.3) is 0 Å². The largest absolute Gasteiger partial charge is 0.383 e. The number of nitrogen functional groups attached to an aromatic ring is 1. The van der Waals surface area contributed by atoms with Crippen molar-refractivity contribution in [3.8, 4) is 0 Å². The van der Waals surface area contributed by atoms with Crippen molar-refractivity contribution in [1.29, 1.82) is 0 Å². The minimum Gasteiger partial charge on any atom is -0.383 e. The van der Waals surface area contributed by atoms with Gasteiger partial charge < -0.3 is 20.7 Å². The number of aromatic amines is 1. The number of H-pyrrole nitrogens is 1. The summed E-state index contributed by atoms with van der Waals surface area (Å²) in [6, 6.07) is 0. The molecule has 4 N–H and O–H groups in total. The molecular formula is C9H18N6O2. The van der Waals surface area contributed by atoms with Crippen LogP contribution < -0.4 is 11.1 Å². The molecule has 0 unspecified atom stereocenters. The summed E-state index contributed by atoms with van der Waals surface area (Å²) in [6.45, 7) is 2.75. The lowest BCUT2D eigenvalue weighted by Gasteiger charge is -2.15. The average Bonchev–Trinajstić information content (AvgIpc) is 2.73. The van der Waals surface area contributed by atoms with E-state index in [0.717, 1.165) is 13.1 Å². The predicted octanol–water partition coefficient (Wildman–Crippen LogP) is -1.31. The molecule has 0 radical (unpaired) electrons. The summed E-state index contributed by atoms with van der Waals surface area (Å²) in [5, 5.41) is 8.73. The standard InChI is InChI=1S/C9H18N6O2/c1-15(5-6-17-2)4-3-11-8(16)7-12-9(10)14-13-7/h3-6H2,1-2H3,(H,11,16)(H3,10,12,13,14). The van der Waals surface area contributed by atoms with Crippen LogP contribution >= 0.6 is 0 Å². The van der Waals surface area contributed by atoms with Crippen LogP contribution in [0.5, 0.6) is 0 Å². The van der Waals surface area contributed by atoms with Gasteiger partial charge in [-0.05, 0) is 7.05 Å². The van der Waals surface area contributed by atoms with E-state index in [4.69, 9.17) is 10.5 Å². The Morgan fingerprint density at radius 1 is 1.59 bits per heavy atom. The number of methoxy groups -OCH3 is 1. The lowest BCUT2D eigenvalue weighted by atomic mass is 10.5. The summed E-state index contributed by atoms with van der Waals surface area (Å²) in [4.78, 5) is 17.3. The van der Waals surface area contributed by atoms with Crippen molar-refractivity contribution in [1.82, 2.24) is 25.4 Å². The predicted molar refractivity (Wildman–Crippen MR) is 62.5 cm³/mol. The van der Waals surface area contributed by atoms with Gasteiger partial charge in [-0.3, -0.25) is 9.89 Å². The van der Waals surface area contributed by atoms with Crippen LogP contribution in [0.4, 0.5) is 5.95 Å². The maximum Gasteiger partial charge on any atom is 0.288 e. The normalized spacial score (nSPS) is 10.8. The Labute approximate surface area is 99.5 Å². The molecule has 0 spiro atoms. The molecule has 0 aliphatic carbocycles. The second-order valence-corrected chi connectivity index (χ2v) is 3.59. The van der Waals surface area contributed by atoms with E-state index in [-0.39, 0.29) is 17.7 Å².